The zero-order chi connectivity index (χ0) is 4.41. The molecule has 0 fully saturated rings. The summed E-state index contributed by atoms with van der Waals surface area (Å²) in [5.41, 5.74) is 0. The summed E-state index contributed by atoms with van der Waals surface area (Å²) >= 11 is 5.35. The van der Waals surface area contributed by atoms with Crippen molar-refractivity contribution < 1.29 is 0 Å². The van der Waals surface area contributed by atoms with Crippen molar-refractivity contribution in [3.8, 4) is 0 Å². The fourth-order valence-corrected chi connectivity index (χ4v) is 0.548. The molecule has 1 N–H and O–H groups in total. The Morgan fingerprint density at radius 2 is 2.43 bits per heavy atom. The van der Waals surface area contributed by atoms with Crippen LogP contribution in [0, 0.1) is 0 Å². The molecule has 0 radical (unpaired) electrons. The molecule has 0 aliphatic carbocycles. The third-order valence-electron chi connectivity index (χ3n) is 0.633. The van der Waals surface area contributed by atoms with Crippen molar-refractivity contribution in [2.75, 3.05) is 13.1 Å². The first kappa shape index (κ1) is 7.05. The van der Waals surface area contributed by atoms with E-state index in [1.54, 1.807) is 0 Å². The first-order valence-corrected chi connectivity index (χ1v) is 2.21. The number of nitrogens with zero attached hydrogens (tertiary/aromatic N) is 1. The minimum absolute atomic E-state index is 0. The molecule has 0 bridgehead atoms. The van der Waals surface area contributed by atoms with Gasteiger partial charge in [0.05, 0.1) is 6.54 Å². The molecule has 7 heavy (non-hydrogen) atoms. The van der Waals surface area contributed by atoms with E-state index in [1.807, 2.05) is 0 Å². The lowest BCUT2D eigenvalue weighted by atomic mass is 10.7. The predicted octanol–water partition coefficient (Wildman–Crippen LogP) is 0.606. The smallest absolute Gasteiger partial charge is 0.191 e. The van der Waals surface area contributed by atoms with Crippen LogP contribution in [0.2, 0.25) is 0 Å². The maximum absolute atomic E-state index is 5.35. The number of aliphatic imine (C=N–C) groups is 1. The molecule has 1 rings (SSSR count). The fourth-order valence-electron chi connectivity index (χ4n) is 0.369. The second-order valence-corrected chi connectivity index (χ2v) is 1.46. The summed E-state index contributed by atoms with van der Waals surface area (Å²) in [6.45, 7) is 1.73. The van der Waals surface area contributed by atoms with Crippen molar-refractivity contribution in [1.29, 1.82) is 0 Å². The molecule has 2 nitrogen and oxygen atoms in total. The van der Waals surface area contributed by atoms with E-state index in [0.717, 1.165) is 13.1 Å². The topological polar surface area (TPSA) is 24.4 Å². The quantitative estimate of drug-likeness (QED) is 0.491. The van der Waals surface area contributed by atoms with Crippen LogP contribution in [0.3, 0.4) is 0 Å². The van der Waals surface area contributed by atoms with E-state index in [1.165, 1.54) is 0 Å². The molecule has 1 aliphatic rings. The highest BCUT2D eigenvalue weighted by Crippen LogP contribution is 1.86. The van der Waals surface area contributed by atoms with E-state index in [2.05, 4.69) is 10.3 Å². The van der Waals surface area contributed by atoms with Gasteiger partial charge in [-0.05, 0) is 11.6 Å². The number of nitrogens with one attached hydrogen (secondary N) is 1. The normalized spacial score (nSPS) is 17.0. The SMILES string of the molecule is Cl.ClC1=NCCN1. The molecule has 0 saturated carbocycles. The zero-order valence-electron chi connectivity index (χ0n) is 3.65. The minimum Gasteiger partial charge on any atom is -0.359 e. The number of hydrogen-bond donors (Lipinski definition) is 1. The Hall–Kier alpha value is 0.0500. The summed E-state index contributed by atoms with van der Waals surface area (Å²) in [5.74, 6) is 0. The average molecular weight is 141 g/mol. The molecule has 1 heterocycles. The third-order valence-corrected chi connectivity index (χ3v) is 0.886. The highest BCUT2D eigenvalue weighted by molar-refractivity contribution is 6.64. The van der Waals surface area contributed by atoms with Gasteiger partial charge in [-0.15, -0.1) is 12.4 Å². The van der Waals surface area contributed by atoms with Crippen LogP contribution < -0.4 is 5.32 Å². The molecule has 0 aromatic carbocycles. The number of hydrogen-bond acceptors (Lipinski definition) is 2. The standard InChI is InChI=1S/C3H5ClN2.ClH/c4-3-5-1-2-6-3;/h1-2H2,(H,5,6);1H. The number of amidine groups is 1. The van der Waals surface area contributed by atoms with E-state index >= 15 is 0 Å². The van der Waals surface area contributed by atoms with Crippen LogP contribution in [0.1, 0.15) is 0 Å². The Balaban J connectivity index is 0.000000360. The first-order chi connectivity index (χ1) is 2.89. The van der Waals surface area contributed by atoms with Gasteiger partial charge in [-0.2, -0.15) is 0 Å². The lowest BCUT2D eigenvalue weighted by Crippen LogP contribution is -2.11. The molecular formula is C3H6Cl2N2. The highest BCUT2D eigenvalue weighted by atomic mass is 35.5. The first-order valence-electron chi connectivity index (χ1n) is 1.83. The van der Waals surface area contributed by atoms with Gasteiger partial charge in [-0.25, -0.2) is 0 Å². The van der Waals surface area contributed by atoms with E-state index in [4.69, 9.17) is 11.6 Å². The molecule has 0 aromatic rings. The molecule has 1 aliphatic heterocycles. The summed E-state index contributed by atoms with van der Waals surface area (Å²) in [7, 11) is 0. The van der Waals surface area contributed by atoms with Crippen LogP contribution in [0.5, 0.6) is 0 Å². The summed E-state index contributed by atoms with van der Waals surface area (Å²) in [4.78, 5) is 3.81. The maximum atomic E-state index is 5.35. The highest BCUT2D eigenvalue weighted by Gasteiger charge is 1.96. The molecule has 0 atom stereocenters. The summed E-state index contributed by atoms with van der Waals surface area (Å²) < 4.78 is 0. The molecule has 4 heteroatoms. The van der Waals surface area contributed by atoms with Crippen molar-refractivity contribution in [2.45, 2.75) is 0 Å². The summed E-state index contributed by atoms with van der Waals surface area (Å²) in [6.07, 6.45) is 0. The van der Waals surface area contributed by atoms with E-state index in [9.17, 15) is 0 Å². The number of rotatable bonds is 0. The van der Waals surface area contributed by atoms with E-state index in [-0.39, 0.29) is 12.4 Å². The van der Waals surface area contributed by atoms with Gasteiger partial charge in [0.2, 0.25) is 0 Å². The summed E-state index contributed by atoms with van der Waals surface area (Å²) in [6, 6.07) is 0. The Morgan fingerprint density at radius 3 is 2.57 bits per heavy atom. The van der Waals surface area contributed by atoms with Crippen molar-refractivity contribution >= 4 is 29.3 Å². The lowest BCUT2D eigenvalue weighted by Gasteiger charge is -1.82. The van der Waals surface area contributed by atoms with E-state index < -0.39 is 0 Å². The molecular weight excluding hydrogens is 135 g/mol. The van der Waals surface area contributed by atoms with Crippen molar-refractivity contribution in [3.63, 3.8) is 0 Å². The Kier molecular flexibility index (Phi) is 3.13. The van der Waals surface area contributed by atoms with Gasteiger partial charge in [0.1, 0.15) is 0 Å². The van der Waals surface area contributed by atoms with Gasteiger partial charge in [0.15, 0.2) is 5.29 Å². The largest absolute Gasteiger partial charge is 0.359 e. The summed E-state index contributed by atoms with van der Waals surface area (Å²) in [5, 5.41) is 3.39. The third kappa shape index (κ3) is 2.00. The van der Waals surface area contributed by atoms with Crippen LogP contribution in [0.4, 0.5) is 0 Å². The average Bonchev–Trinajstić information content (AvgIpc) is 1.86. The lowest BCUT2D eigenvalue weighted by molar-refractivity contribution is 0.963. The minimum atomic E-state index is 0. The van der Waals surface area contributed by atoms with Gasteiger partial charge in [0, 0.05) is 6.54 Å². The molecule has 0 unspecified atom stereocenters. The monoisotopic (exact) mass is 140 g/mol. The maximum Gasteiger partial charge on any atom is 0.191 e. The van der Waals surface area contributed by atoms with Crippen LogP contribution in [0.15, 0.2) is 4.99 Å². The van der Waals surface area contributed by atoms with E-state index in [0.29, 0.717) is 5.29 Å². The van der Waals surface area contributed by atoms with Crippen molar-refractivity contribution in [2.24, 2.45) is 4.99 Å². The molecule has 0 amide bonds. The number of halogens is 2. The predicted molar refractivity (Wildman–Crippen MR) is 33.4 cm³/mol. The molecule has 42 valence electrons. The van der Waals surface area contributed by atoms with Gasteiger partial charge in [0.25, 0.3) is 0 Å². The van der Waals surface area contributed by atoms with Gasteiger partial charge in [-0.1, -0.05) is 0 Å². The zero-order valence-corrected chi connectivity index (χ0v) is 5.22. The second kappa shape index (κ2) is 3.10. The van der Waals surface area contributed by atoms with Crippen molar-refractivity contribution in [1.82, 2.24) is 5.32 Å². The van der Waals surface area contributed by atoms with Crippen LogP contribution >= 0.6 is 24.0 Å². The van der Waals surface area contributed by atoms with Gasteiger partial charge >= 0.3 is 0 Å². The fraction of sp³-hybridized carbons (Fsp3) is 0.667. The van der Waals surface area contributed by atoms with Gasteiger partial charge < -0.3 is 5.32 Å². The van der Waals surface area contributed by atoms with Crippen LogP contribution in [-0.4, -0.2) is 18.4 Å². The molecule has 0 aromatic heterocycles. The Morgan fingerprint density at radius 1 is 1.71 bits per heavy atom. The second-order valence-electron chi connectivity index (χ2n) is 1.10. The van der Waals surface area contributed by atoms with Crippen LogP contribution in [-0.2, 0) is 0 Å². The Labute approximate surface area is 53.4 Å². The van der Waals surface area contributed by atoms with Crippen LogP contribution in [0.25, 0.3) is 0 Å². The molecule has 0 saturated heterocycles. The van der Waals surface area contributed by atoms with Crippen molar-refractivity contribution in [3.05, 3.63) is 0 Å². The van der Waals surface area contributed by atoms with Gasteiger partial charge in [-0.3, -0.25) is 4.99 Å². The Bertz CT molecular complexity index is 81.0. The molecule has 0 spiro atoms.